The molecule has 0 unspecified atom stereocenters. The van der Waals surface area contributed by atoms with Crippen molar-refractivity contribution in [1.82, 2.24) is 14.9 Å². The predicted molar refractivity (Wildman–Crippen MR) is 111 cm³/mol. The lowest BCUT2D eigenvalue weighted by Crippen LogP contribution is -2.23. The molecule has 4 aromatic rings. The van der Waals surface area contributed by atoms with E-state index in [4.69, 9.17) is 0 Å². The first kappa shape index (κ1) is 18.4. The Kier molecular flexibility index (Phi) is 5.22. The number of aromatic amines is 1. The van der Waals surface area contributed by atoms with Gasteiger partial charge < -0.3 is 4.98 Å². The minimum Gasteiger partial charge on any atom is -0.357 e. The maximum absolute atomic E-state index is 13.7. The molecule has 0 amide bonds. The van der Waals surface area contributed by atoms with Gasteiger partial charge in [0.05, 0.1) is 0 Å². The molecule has 0 bridgehead atoms. The topological polar surface area (TPSA) is 31.9 Å². The van der Waals surface area contributed by atoms with Crippen molar-refractivity contribution in [3.63, 3.8) is 0 Å². The Bertz CT molecular complexity index is 1070. The van der Waals surface area contributed by atoms with Crippen molar-refractivity contribution < 1.29 is 4.39 Å². The highest BCUT2D eigenvalue weighted by atomic mass is 19.1. The standard InChI is InChI=1S/C24H24FN3/c1-17-3-5-19(6-4-17)14-28(15-20-9-11-26-12-10-20)16-24-18(2)22-13-21(25)7-8-23(22)27-24/h3-13,27H,14-16H2,1-2H3. The van der Waals surface area contributed by atoms with E-state index in [-0.39, 0.29) is 5.82 Å². The number of nitrogens with one attached hydrogen (secondary N) is 1. The molecule has 0 spiro atoms. The first-order chi connectivity index (χ1) is 13.6. The molecule has 3 nitrogen and oxygen atoms in total. The Morgan fingerprint density at radius 3 is 2.25 bits per heavy atom. The molecule has 0 aliphatic heterocycles. The fourth-order valence-electron chi connectivity index (χ4n) is 3.60. The summed E-state index contributed by atoms with van der Waals surface area (Å²) < 4.78 is 13.7. The van der Waals surface area contributed by atoms with E-state index in [1.54, 1.807) is 6.07 Å². The number of halogens is 1. The van der Waals surface area contributed by atoms with Crippen LogP contribution in [0.25, 0.3) is 10.9 Å². The number of hydrogen-bond donors (Lipinski definition) is 1. The Morgan fingerprint density at radius 1 is 0.857 bits per heavy atom. The second-order valence-corrected chi connectivity index (χ2v) is 7.40. The number of pyridine rings is 1. The lowest BCUT2D eigenvalue weighted by Gasteiger charge is -2.22. The monoisotopic (exact) mass is 373 g/mol. The number of fused-ring (bicyclic) bond motifs is 1. The van der Waals surface area contributed by atoms with Gasteiger partial charge in [0.25, 0.3) is 0 Å². The van der Waals surface area contributed by atoms with Crippen LogP contribution >= 0.6 is 0 Å². The molecule has 0 atom stereocenters. The summed E-state index contributed by atoms with van der Waals surface area (Å²) in [4.78, 5) is 10.00. The van der Waals surface area contributed by atoms with E-state index in [0.717, 1.165) is 41.8 Å². The van der Waals surface area contributed by atoms with E-state index in [0.29, 0.717) is 0 Å². The molecule has 0 radical (unpaired) electrons. The van der Waals surface area contributed by atoms with Gasteiger partial charge in [-0.1, -0.05) is 29.8 Å². The minimum atomic E-state index is -0.200. The SMILES string of the molecule is Cc1ccc(CN(Cc2ccncc2)Cc2[nH]c3ccc(F)cc3c2C)cc1. The average Bonchev–Trinajstić information content (AvgIpc) is 2.99. The normalized spacial score (nSPS) is 11.4. The van der Waals surface area contributed by atoms with Crippen LogP contribution in [0.5, 0.6) is 0 Å². The molecule has 28 heavy (non-hydrogen) atoms. The molecule has 0 aliphatic rings. The highest BCUT2D eigenvalue weighted by Crippen LogP contribution is 2.24. The first-order valence-corrected chi connectivity index (χ1v) is 9.52. The molecule has 0 saturated heterocycles. The largest absolute Gasteiger partial charge is 0.357 e. The number of H-pyrrole nitrogens is 1. The zero-order valence-electron chi connectivity index (χ0n) is 16.2. The molecule has 1 N–H and O–H groups in total. The zero-order valence-corrected chi connectivity index (χ0v) is 16.2. The summed E-state index contributed by atoms with van der Waals surface area (Å²) in [5, 5.41) is 0.953. The third-order valence-corrected chi connectivity index (χ3v) is 5.19. The van der Waals surface area contributed by atoms with Gasteiger partial charge in [-0.2, -0.15) is 0 Å². The van der Waals surface area contributed by atoms with Crippen molar-refractivity contribution >= 4 is 10.9 Å². The molecular formula is C24H24FN3. The lowest BCUT2D eigenvalue weighted by molar-refractivity contribution is 0.244. The predicted octanol–water partition coefficient (Wildman–Crippen LogP) is 5.52. The Hall–Kier alpha value is -2.98. The Morgan fingerprint density at radius 2 is 1.54 bits per heavy atom. The van der Waals surface area contributed by atoms with Crippen molar-refractivity contribution in [3.8, 4) is 0 Å². The molecule has 0 saturated carbocycles. The first-order valence-electron chi connectivity index (χ1n) is 9.52. The van der Waals surface area contributed by atoms with Gasteiger partial charge in [-0.05, 0) is 60.9 Å². The number of hydrogen-bond acceptors (Lipinski definition) is 2. The Labute approximate surface area is 164 Å². The number of rotatable bonds is 6. The summed E-state index contributed by atoms with van der Waals surface area (Å²) >= 11 is 0. The van der Waals surface area contributed by atoms with Crippen LogP contribution in [0.4, 0.5) is 4.39 Å². The smallest absolute Gasteiger partial charge is 0.123 e. The highest BCUT2D eigenvalue weighted by Gasteiger charge is 2.14. The molecule has 2 aromatic carbocycles. The number of aromatic nitrogens is 2. The van der Waals surface area contributed by atoms with Gasteiger partial charge in [0, 0.05) is 48.6 Å². The molecular weight excluding hydrogens is 349 g/mol. The minimum absolute atomic E-state index is 0.200. The summed E-state index contributed by atoms with van der Waals surface area (Å²) in [6.45, 7) is 6.58. The van der Waals surface area contributed by atoms with E-state index < -0.39 is 0 Å². The van der Waals surface area contributed by atoms with Crippen LogP contribution < -0.4 is 0 Å². The second kappa shape index (κ2) is 7.95. The summed E-state index contributed by atoms with van der Waals surface area (Å²) in [5.74, 6) is -0.200. The lowest BCUT2D eigenvalue weighted by atomic mass is 10.1. The van der Waals surface area contributed by atoms with Crippen LogP contribution in [-0.4, -0.2) is 14.9 Å². The number of benzene rings is 2. The van der Waals surface area contributed by atoms with Gasteiger partial charge in [0.2, 0.25) is 0 Å². The van der Waals surface area contributed by atoms with Crippen molar-refractivity contribution in [2.24, 2.45) is 0 Å². The molecule has 2 aromatic heterocycles. The van der Waals surface area contributed by atoms with E-state index in [9.17, 15) is 4.39 Å². The summed E-state index contributed by atoms with van der Waals surface area (Å²) in [6, 6.07) is 17.7. The third kappa shape index (κ3) is 4.12. The van der Waals surface area contributed by atoms with Gasteiger partial charge in [-0.15, -0.1) is 0 Å². The van der Waals surface area contributed by atoms with Crippen molar-refractivity contribution in [1.29, 1.82) is 0 Å². The maximum Gasteiger partial charge on any atom is 0.123 e. The molecule has 2 heterocycles. The molecule has 4 heteroatoms. The fraction of sp³-hybridized carbons (Fsp3) is 0.208. The Balaban J connectivity index is 1.62. The number of nitrogens with zero attached hydrogens (tertiary/aromatic N) is 2. The van der Waals surface area contributed by atoms with E-state index in [2.05, 4.69) is 65.1 Å². The van der Waals surface area contributed by atoms with Crippen LogP contribution in [0.2, 0.25) is 0 Å². The number of aryl methyl sites for hydroxylation is 2. The van der Waals surface area contributed by atoms with Crippen LogP contribution in [0.1, 0.15) is 27.9 Å². The highest BCUT2D eigenvalue weighted by molar-refractivity contribution is 5.84. The molecule has 4 rings (SSSR count). The zero-order chi connectivity index (χ0) is 19.5. The molecule has 142 valence electrons. The maximum atomic E-state index is 13.7. The summed E-state index contributed by atoms with van der Waals surface area (Å²) in [6.07, 6.45) is 3.66. The van der Waals surface area contributed by atoms with Gasteiger partial charge in [-0.3, -0.25) is 9.88 Å². The van der Waals surface area contributed by atoms with Crippen LogP contribution in [-0.2, 0) is 19.6 Å². The summed E-state index contributed by atoms with van der Waals surface area (Å²) in [5.41, 5.74) is 6.98. The van der Waals surface area contributed by atoms with Crippen molar-refractivity contribution in [2.75, 3.05) is 0 Å². The van der Waals surface area contributed by atoms with Gasteiger partial charge in [-0.25, -0.2) is 4.39 Å². The quantitative estimate of drug-likeness (QED) is 0.482. The van der Waals surface area contributed by atoms with Crippen molar-refractivity contribution in [2.45, 2.75) is 33.5 Å². The van der Waals surface area contributed by atoms with Gasteiger partial charge in [0.1, 0.15) is 5.82 Å². The third-order valence-electron chi connectivity index (χ3n) is 5.19. The van der Waals surface area contributed by atoms with Crippen molar-refractivity contribution in [3.05, 3.63) is 101 Å². The fourth-order valence-corrected chi connectivity index (χ4v) is 3.60. The summed E-state index contributed by atoms with van der Waals surface area (Å²) in [7, 11) is 0. The van der Waals surface area contributed by atoms with E-state index >= 15 is 0 Å². The van der Waals surface area contributed by atoms with Gasteiger partial charge >= 0.3 is 0 Å². The van der Waals surface area contributed by atoms with Crippen LogP contribution in [0.15, 0.2) is 67.0 Å². The second-order valence-electron chi connectivity index (χ2n) is 7.40. The molecule has 0 aliphatic carbocycles. The average molecular weight is 373 g/mol. The van der Waals surface area contributed by atoms with Gasteiger partial charge in [0.15, 0.2) is 0 Å². The van der Waals surface area contributed by atoms with Crippen LogP contribution in [0.3, 0.4) is 0 Å². The van der Waals surface area contributed by atoms with E-state index in [1.165, 1.54) is 22.8 Å². The molecule has 0 fully saturated rings. The van der Waals surface area contributed by atoms with Crippen LogP contribution in [0, 0.1) is 19.7 Å². The van der Waals surface area contributed by atoms with E-state index in [1.807, 2.05) is 18.5 Å².